The quantitative estimate of drug-likeness (QED) is 0.619. The third kappa shape index (κ3) is 2.04. The van der Waals surface area contributed by atoms with Crippen LogP contribution in [0.4, 0.5) is 0 Å². The van der Waals surface area contributed by atoms with Crippen LogP contribution in [0.5, 0.6) is 0 Å². The van der Waals surface area contributed by atoms with Crippen molar-refractivity contribution >= 4 is 16.4 Å². The summed E-state index contributed by atoms with van der Waals surface area (Å²) >= 11 is 0. The highest BCUT2D eigenvalue weighted by Crippen LogP contribution is 2.39. The molecule has 0 atom stereocenters. The Bertz CT molecular complexity index is 1020. The standard InChI is InChI=1S/C19H21N5/c1-12(2)13-7-8-15(14-10-20-23-18(13)14)19(3,4)16-11-22-24-17(16)6-5-9-21-24/h5-12H,1-4H3,(H,20,23). The van der Waals surface area contributed by atoms with Gasteiger partial charge >= 0.3 is 0 Å². The molecule has 1 aromatic carbocycles. The second kappa shape index (κ2) is 5.16. The van der Waals surface area contributed by atoms with Gasteiger partial charge < -0.3 is 0 Å². The van der Waals surface area contributed by atoms with Gasteiger partial charge in [-0.15, -0.1) is 0 Å². The van der Waals surface area contributed by atoms with Gasteiger partial charge in [0.25, 0.3) is 0 Å². The zero-order chi connectivity index (χ0) is 16.9. The maximum absolute atomic E-state index is 4.41. The van der Waals surface area contributed by atoms with Crippen LogP contribution in [0.15, 0.2) is 42.9 Å². The van der Waals surface area contributed by atoms with Crippen molar-refractivity contribution in [2.45, 2.75) is 39.0 Å². The normalized spacial score (nSPS) is 12.5. The highest BCUT2D eigenvalue weighted by Gasteiger charge is 2.29. The molecule has 0 aliphatic carbocycles. The van der Waals surface area contributed by atoms with Crippen LogP contribution in [0.1, 0.15) is 50.3 Å². The van der Waals surface area contributed by atoms with Gasteiger partial charge in [-0.25, -0.2) is 0 Å². The van der Waals surface area contributed by atoms with E-state index >= 15 is 0 Å². The van der Waals surface area contributed by atoms with Gasteiger partial charge in [0.05, 0.1) is 23.4 Å². The summed E-state index contributed by atoms with van der Waals surface area (Å²) < 4.78 is 1.69. The van der Waals surface area contributed by atoms with Crippen LogP contribution in [0.25, 0.3) is 16.4 Å². The average molecular weight is 319 g/mol. The first-order chi connectivity index (χ1) is 11.5. The molecule has 1 N–H and O–H groups in total. The highest BCUT2D eigenvalue weighted by atomic mass is 15.4. The number of benzene rings is 1. The summed E-state index contributed by atoms with van der Waals surface area (Å²) in [5.41, 5.74) is 5.66. The number of fused-ring (bicyclic) bond motifs is 2. The molecule has 0 aliphatic heterocycles. The van der Waals surface area contributed by atoms with Gasteiger partial charge in [0, 0.05) is 22.6 Å². The van der Waals surface area contributed by atoms with Crippen molar-refractivity contribution in [2.75, 3.05) is 0 Å². The van der Waals surface area contributed by atoms with E-state index in [-0.39, 0.29) is 5.41 Å². The number of rotatable bonds is 3. The Kier molecular flexibility index (Phi) is 3.20. The molecule has 0 radical (unpaired) electrons. The lowest BCUT2D eigenvalue weighted by atomic mass is 9.76. The van der Waals surface area contributed by atoms with Crippen molar-refractivity contribution in [3.63, 3.8) is 0 Å². The number of aromatic nitrogens is 5. The summed E-state index contributed by atoms with van der Waals surface area (Å²) in [6, 6.07) is 8.46. The van der Waals surface area contributed by atoms with Crippen molar-refractivity contribution in [3.8, 4) is 0 Å². The lowest BCUT2D eigenvalue weighted by molar-refractivity contribution is 0.652. The molecule has 24 heavy (non-hydrogen) atoms. The van der Waals surface area contributed by atoms with Crippen LogP contribution in [-0.4, -0.2) is 25.0 Å². The minimum absolute atomic E-state index is 0.206. The molecule has 0 amide bonds. The first-order valence-electron chi connectivity index (χ1n) is 8.26. The Labute approximate surface area is 140 Å². The zero-order valence-electron chi connectivity index (χ0n) is 14.4. The molecule has 4 aromatic rings. The molecule has 0 saturated heterocycles. The fraction of sp³-hybridized carbons (Fsp3) is 0.316. The molecule has 0 aliphatic rings. The van der Waals surface area contributed by atoms with Gasteiger partial charge in [0.15, 0.2) is 0 Å². The fourth-order valence-electron chi connectivity index (χ4n) is 3.54. The molecular formula is C19H21N5. The molecule has 3 aromatic heterocycles. The lowest BCUT2D eigenvalue weighted by Gasteiger charge is -2.26. The largest absolute Gasteiger partial charge is 0.278 e. The van der Waals surface area contributed by atoms with Gasteiger partial charge in [0.2, 0.25) is 0 Å². The van der Waals surface area contributed by atoms with E-state index in [1.54, 1.807) is 10.8 Å². The first-order valence-corrected chi connectivity index (χ1v) is 8.26. The van der Waals surface area contributed by atoms with Crippen LogP contribution < -0.4 is 0 Å². The van der Waals surface area contributed by atoms with Crippen LogP contribution >= 0.6 is 0 Å². The average Bonchev–Trinajstić information content (AvgIpc) is 3.20. The Balaban J connectivity index is 1.96. The van der Waals surface area contributed by atoms with E-state index in [0.29, 0.717) is 5.92 Å². The van der Waals surface area contributed by atoms with Crippen molar-refractivity contribution in [3.05, 3.63) is 59.5 Å². The van der Waals surface area contributed by atoms with Gasteiger partial charge in [-0.1, -0.05) is 39.8 Å². The second-order valence-corrected chi connectivity index (χ2v) is 7.10. The molecule has 5 heteroatoms. The summed E-state index contributed by atoms with van der Waals surface area (Å²) in [6.45, 7) is 8.87. The summed E-state index contributed by atoms with van der Waals surface area (Å²) in [7, 11) is 0. The minimum Gasteiger partial charge on any atom is -0.278 e. The molecule has 0 spiro atoms. The second-order valence-electron chi connectivity index (χ2n) is 7.10. The van der Waals surface area contributed by atoms with E-state index in [1.807, 2.05) is 18.5 Å². The summed E-state index contributed by atoms with van der Waals surface area (Å²) in [5, 5.41) is 17.4. The lowest BCUT2D eigenvalue weighted by Crippen LogP contribution is -2.19. The van der Waals surface area contributed by atoms with Crippen LogP contribution in [-0.2, 0) is 5.41 Å². The van der Waals surface area contributed by atoms with Gasteiger partial charge in [-0.05, 0) is 29.2 Å². The first kappa shape index (κ1) is 14.9. The highest BCUT2D eigenvalue weighted by molar-refractivity contribution is 5.87. The number of hydrogen-bond donors (Lipinski definition) is 1. The maximum Gasteiger partial charge on any atom is 0.0914 e. The third-order valence-electron chi connectivity index (χ3n) is 4.92. The van der Waals surface area contributed by atoms with E-state index < -0.39 is 0 Å². The van der Waals surface area contributed by atoms with Crippen LogP contribution in [0.2, 0.25) is 0 Å². The number of nitrogens with one attached hydrogen (secondary N) is 1. The van der Waals surface area contributed by atoms with E-state index in [4.69, 9.17) is 0 Å². The van der Waals surface area contributed by atoms with E-state index in [2.05, 4.69) is 66.3 Å². The molecule has 3 heterocycles. The van der Waals surface area contributed by atoms with Crippen LogP contribution in [0, 0.1) is 0 Å². The third-order valence-corrected chi connectivity index (χ3v) is 4.92. The smallest absolute Gasteiger partial charge is 0.0914 e. The molecule has 5 nitrogen and oxygen atoms in total. The SMILES string of the molecule is CC(C)c1ccc(C(C)(C)c2cnn3ncccc23)c2cn[nH]c12. The van der Waals surface area contributed by atoms with E-state index in [0.717, 1.165) is 16.6 Å². The predicted molar refractivity (Wildman–Crippen MR) is 95.3 cm³/mol. The molecule has 0 bridgehead atoms. The Morgan fingerprint density at radius 1 is 1.04 bits per heavy atom. The topological polar surface area (TPSA) is 58.9 Å². The van der Waals surface area contributed by atoms with Crippen molar-refractivity contribution < 1.29 is 0 Å². The summed E-state index contributed by atoms with van der Waals surface area (Å²) in [5.74, 6) is 0.450. The minimum atomic E-state index is -0.206. The zero-order valence-corrected chi connectivity index (χ0v) is 14.4. The Morgan fingerprint density at radius 3 is 2.67 bits per heavy atom. The van der Waals surface area contributed by atoms with Crippen molar-refractivity contribution in [2.24, 2.45) is 0 Å². The molecule has 0 unspecified atom stereocenters. The van der Waals surface area contributed by atoms with Gasteiger partial charge in [-0.2, -0.15) is 19.9 Å². The van der Waals surface area contributed by atoms with Crippen LogP contribution in [0.3, 0.4) is 0 Å². The fourth-order valence-corrected chi connectivity index (χ4v) is 3.54. The molecular weight excluding hydrogens is 298 g/mol. The number of H-pyrrole nitrogens is 1. The van der Waals surface area contributed by atoms with E-state index in [1.165, 1.54) is 16.5 Å². The monoisotopic (exact) mass is 319 g/mol. The number of aromatic amines is 1. The molecule has 0 fully saturated rings. The van der Waals surface area contributed by atoms with Gasteiger partial charge in [-0.3, -0.25) is 5.10 Å². The summed E-state index contributed by atoms with van der Waals surface area (Å²) in [4.78, 5) is 0. The van der Waals surface area contributed by atoms with E-state index in [9.17, 15) is 0 Å². The number of nitrogens with zero attached hydrogens (tertiary/aromatic N) is 4. The Hall–Kier alpha value is -2.69. The van der Waals surface area contributed by atoms with Crippen molar-refractivity contribution in [1.29, 1.82) is 0 Å². The molecule has 0 saturated carbocycles. The number of hydrogen-bond acceptors (Lipinski definition) is 3. The Morgan fingerprint density at radius 2 is 1.88 bits per heavy atom. The van der Waals surface area contributed by atoms with Gasteiger partial charge in [0.1, 0.15) is 0 Å². The molecule has 122 valence electrons. The summed E-state index contributed by atoms with van der Waals surface area (Å²) in [6.07, 6.45) is 5.61. The van der Waals surface area contributed by atoms with Crippen molar-refractivity contribution in [1.82, 2.24) is 25.0 Å². The maximum atomic E-state index is 4.41. The molecule has 4 rings (SSSR count). The predicted octanol–water partition coefficient (Wildman–Crippen LogP) is 4.05.